The molecule has 7 heteroatoms. The van der Waals surface area contributed by atoms with Crippen molar-refractivity contribution < 1.29 is 4.74 Å². The molecule has 0 bridgehead atoms. The monoisotopic (exact) mass is 1030 g/mol. The van der Waals surface area contributed by atoms with Crippen molar-refractivity contribution >= 4 is 142 Å². The first kappa shape index (κ1) is 44.0. The number of hydrogen-bond donors (Lipinski definition) is 0. The molecule has 376 valence electrons. The van der Waals surface area contributed by atoms with Crippen LogP contribution in [0.2, 0.25) is 0 Å². The molecule has 0 saturated carbocycles. The summed E-state index contributed by atoms with van der Waals surface area (Å²) in [6.45, 7) is 0. The second-order valence-electron chi connectivity index (χ2n) is 21.2. The first-order chi connectivity index (χ1) is 40.2. The van der Waals surface area contributed by atoms with Gasteiger partial charge >= 0.3 is 0 Å². The molecule has 6 heterocycles. The van der Waals surface area contributed by atoms with Gasteiger partial charge in [-0.1, -0.05) is 182 Å². The summed E-state index contributed by atoms with van der Waals surface area (Å²) in [7, 11) is 0. The van der Waals surface area contributed by atoms with E-state index in [-0.39, 0.29) is 0 Å². The molecule has 7 nitrogen and oxygen atoms in total. The fourth-order valence-corrected chi connectivity index (χ4v) is 13.6. The van der Waals surface area contributed by atoms with Crippen LogP contribution in [-0.2, 0) is 0 Å². The number of benzene rings is 12. The summed E-state index contributed by atoms with van der Waals surface area (Å²) < 4.78 is 16.7. The molecular weight excluding hydrogens is 989 g/mol. The minimum absolute atomic E-state index is 0.708. The Balaban J connectivity index is 0.884. The second kappa shape index (κ2) is 16.7. The lowest BCUT2D eigenvalue weighted by molar-refractivity contribution is 0.484. The molecule has 12 aromatic carbocycles. The number of nitrogens with zero attached hydrogens (tertiary/aromatic N) is 6. The zero-order valence-electron chi connectivity index (χ0n) is 43.5. The van der Waals surface area contributed by atoms with Crippen LogP contribution in [0, 0.1) is 0 Å². The van der Waals surface area contributed by atoms with Crippen molar-refractivity contribution in [1.82, 2.24) is 27.9 Å². The quantitative estimate of drug-likeness (QED) is 0.176. The maximum Gasteiger partial charge on any atom is 0.146 e. The highest BCUT2D eigenvalue weighted by atomic mass is 16.5. The van der Waals surface area contributed by atoms with Gasteiger partial charge in [0.2, 0.25) is 0 Å². The molecule has 0 amide bonds. The van der Waals surface area contributed by atoms with Crippen LogP contribution >= 0.6 is 0 Å². The molecule has 6 aromatic heterocycles. The van der Waals surface area contributed by atoms with Gasteiger partial charge in [-0.3, -0.25) is 9.13 Å². The van der Waals surface area contributed by atoms with Gasteiger partial charge in [0, 0.05) is 76.8 Å². The zero-order valence-corrected chi connectivity index (χ0v) is 43.5. The Hall–Kier alpha value is -11.0. The van der Waals surface area contributed by atoms with Crippen LogP contribution in [0.15, 0.2) is 267 Å². The Bertz CT molecular complexity index is 5480. The van der Waals surface area contributed by atoms with E-state index in [2.05, 4.69) is 285 Å². The van der Waals surface area contributed by atoms with E-state index in [1.54, 1.807) is 0 Å². The van der Waals surface area contributed by atoms with E-state index in [0.717, 1.165) is 132 Å². The van der Waals surface area contributed by atoms with Crippen molar-refractivity contribution in [3.63, 3.8) is 0 Å². The van der Waals surface area contributed by atoms with E-state index in [1.807, 2.05) is 0 Å². The van der Waals surface area contributed by atoms with Crippen LogP contribution in [0.1, 0.15) is 0 Å². The number of hydrogen-bond acceptors (Lipinski definition) is 3. The molecule has 0 radical (unpaired) electrons. The van der Waals surface area contributed by atoms with E-state index in [1.165, 1.54) is 21.5 Å². The van der Waals surface area contributed by atoms with Crippen LogP contribution in [0.3, 0.4) is 0 Å². The molecule has 0 aliphatic rings. The van der Waals surface area contributed by atoms with Crippen LogP contribution in [0.5, 0.6) is 11.5 Å². The Labute approximate surface area is 461 Å². The molecule has 18 aromatic rings. The van der Waals surface area contributed by atoms with Crippen LogP contribution < -0.4 is 4.74 Å². The molecule has 0 spiro atoms. The fourth-order valence-electron chi connectivity index (χ4n) is 13.6. The molecule has 0 aliphatic carbocycles. The lowest BCUT2D eigenvalue weighted by atomic mass is 10.1. The normalized spacial score (nSPS) is 12.2. The molecule has 0 N–H and O–H groups in total. The van der Waals surface area contributed by atoms with Gasteiger partial charge in [-0.2, -0.15) is 0 Å². The Kier molecular flexibility index (Phi) is 9.10. The largest absolute Gasteiger partial charge is 0.457 e. The standard InChI is InChI=1S/C74H44N6O/c1-3-25-59-47(19-1)55-27-17-29-57-51-23-7-11-33-63(51)77(71(55)57)67-37-15-9-31-61(67)75-73(59)79-65-35-13-5-21-49(65)53-41-39-45(43-69(53)79)81-46-40-42-54-50-22-6-14-36-66(50)80(70(54)44-46)74-60-26-4-2-20-48(60)56-28-18-30-58-52-24-8-12-34-64(52)78(72(56)58)68-38-16-10-32-62(68)76-74/h1-44H. The minimum atomic E-state index is 0.708. The van der Waals surface area contributed by atoms with Crippen LogP contribution in [0.4, 0.5) is 0 Å². The van der Waals surface area contributed by atoms with Gasteiger partial charge in [-0.15, -0.1) is 0 Å². The Morgan fingerprint density at radius 2 is 0.519 bits per heavy atom. The molecule has 0 atom stereocenters. The van der Waals surface area contributed by atoms with Crippen molar-refractivity contribution in [2.75, 3.05) is 0 Å². The molecule has 0 unspecified atom stereocenters. The second-order valence-corrected chi connectivity index (χ2v) is 21.2. The summed E-state index contributed by atoms with van der Waals surface area (Å²) >= 11 is 0. The maximum atomic E-state index is 7.16. The van der Waals surface area contributed by atoms with Crippen molar-refractivity contribution in [1.29, 1.82) is 0 Å². The van der Waals surface area contributed by atoms with Crippen molar-refractivity contribution in [2.24, 2.45) is 0 Å². The summed E-state index contributed by atoms with van der Waals surface area (Å²) in [4.78, 5) is 11.6. The maximum absolute atomic E-state index is 7.16. The number of fused-ring (bicyclic) bond motifs is 20. The molecule has 0 saturated heterocycles. The predicted molar refractivity (Wildman–Crippen MR) is 337 cm³/mol. The van der Waals surface area contributed by atoms with E-state index in [0.29, 0.717) is 11.5 Å². The first-order valence-electron chi connectivity index (χ1n) is 27.6. The third kappa shape index (κ3) is 6.22. The molecular formula is C74H44N6O. The number of para-hydroxylation sites is 10. The van der Waals surface area contributed by atoms with Crippen molar-refractivity contribution in [3.8, 4) is 23.1 Å². The number of aromatic nitrogens is 6. The summed E-state index contributed by atoms with van der Waals surface area (Å²) in [5, 5.41) is 15.9. The van der Waals surface area contributed by atoms with E-state index < -0.39 is 0 Å². The van der Waals surface area contributed by atoms with Gasteiger partial charge in [-0.25, -0.2) is 9.97 Å². The van der Waals surface area contributed by atoms with Gasteiger partial charge in [-0.05, 0) is 83.6 Å². The Morgan fingerprint density at radius 1 is 0.222 bits per heavy atom. The highest BCUT2D eigenvalue weighted by Gasteiger charge is 2.22. The summed E-state index contributed by atoms with van der Waals surface area (Å²) in [6.07, 6.45) is 0. The number of rotatable bonds is 4. The third-order valence-corrected chi connectivity index (χ3v) is 17.0. The number of ether oxygens (including phenoxy) is 1. The molecule has 0 fully saturated rings. The van der Waals surface area contributed by atoms with Gasteiger partial charge in [0.25, 0.3) is 0 Å². The summed E-state index contributed by atoms with van der Waals surface area (Å²) in [5.41, 5.74) is 12.5. The molecule has 18 rings (SSSR count). The Morgan fingerprint density at radius 3 is 0.938 bits per heavy atom. The summed E-state index contributed by atoms with van der Waals surface area (Å²) in [6, 6.07) is 95.8. The van der Waals surface area contributed by atoms with Crippen molar-refractivity contribution in [3.05, 3.63) is 267 Å². The summed E-state index contributed by atoms with van der Waals surface area (Å²) in [5.74, 6) is 3.07. The highest BCUT2D eigenvalue weighted by molar-refractivity contribution is 6.23. The van der Waals surface area contributed by atoms with Gasteiger partial charge in [0.1, 0.15) is 23.1 Å². The van der Waals surface area contributed by atoms with E-state index in [4.69, 9.17) is 14.7 Å². The van der Waals surface area contributed by atoms with Crippen LogP contribution in [0.25, 0.3) is 153 Å². The topological polar surface area (TPSA) is 53.7 Å². The lowest BCUT2D eigenvalue weighted by Crippen LogP contribution is -1.98. The van der Waals surface area contributed by atoms with Crippen LogP contribution in [-0.4, -0.2) is 27.9 Å². The smallest absolute Gasteiger partial charge is 0.146 e. The van der Waals surface area contributed by atoms with Gasteiger partial charge in [0.15, 0.2) is 0 Å². The van der Waals surface area contributed by atoms with Gasteiger partial charge < -0.3 is 13.5 Å². The van der Waals surface area contributed by atoms with Crippen molar-refractivity contribution in [2.45, 2.75) is 0 Å². The third-order valence-electron chi connectivity index (χ3n) is 17.0. The highest BCUT2D eigenvalue weighted by Crippen LogP contribution is 2.43. The minimum Gasteiger partial charge on any atom is -0.457 e. The SMILES string of the molecule is c1ccc2c(c1)nc(-n1c3ccccc3c3ccc(Oc4ccc5c6ccccc6n(-c6nc7ccccc7n7c8ccccc8c8cccc(c9ccccc69)c87)c5c4)cc31)c1ccccc1c1cccc3c4ccccc4n2c13. The predicted octanol–water partition coefficient (Wildman–Crippen LogP) is 19.3. The molecule has 0 aliphatic heterocycles. The zero-order chi connectivity index (χ0) is 52.9. The van der Waals surface area contributed by atoms with E-state index in [9.17, 15) is 0 Å². The average molecular weight is 1030 g/mol. The fraction of sp³-hybridized carbons (Fsp3) is 0. The average Bonchev–Trinajstić information content (AvgIpc) is 4.34. The lowest BCUT2D eigenvalue weighted by Gasteiger charge is -2.12. The molecule has 81 heavy (non-hydrogen) atoms. The van der Waals surface area contributed by atoms with E-state index >= 15 is 0 Å². The van der Waals surface area contributed by atoms with Gasteiger partial charge in [0.05, 0.1) is 66.2 Å². The first-order valence-corrected chi connectivity index (χ1v) is 27.6.